The van der Waals surface area contributed by atoms with Gasteiger partial charge in [0, 0.05) is 12.6 Å². The minimum Gasteiger partial charge on any atom is -0.338 e. The summed E-state index contributed by atoms with van der Waals surface area (Å²) < 4.78 is 0. The Bertz CT molecular complexity index is 226. The number of carbonyl (C=O) groups excluding carboxylic acids is 1. The summed E-state index contributed by atoms with van der Waals surface area (Å²) in [5.74, 6) is 0.905. The Morgan fingerprint density at radius 3 is 2.40 bits per heavy atom. The van der Waals surface area contributed by atoms with Crippen molar-refractivity contribution in [2.75, 3.05) is 6.54 Å². The van der Waals surface area contributed by atoms with Crippen LogP contribution >= 0.6 is 0 Å². The number of nitrogens with two attached hydrogens (primary N) is 1. The molecule has 0 bridgehead atoms. The van der Waals surface area contributed by atoms with Crippen molar-refractivity contribution in [2.45, 2.75) is 52.6 Å². The number of hydrogen-bond acceptors (Lipinski definition) is 2. The van der Waals surface area contributed by atoms with Crippen LogP contribution in [0.2, 0.25) is 0 Å². The lowest BCUT2D eigenvalue weighted by Gasteiger charge is -2.31. The third-order valence-corrected chi connectivity index (χ3v) is 3.36. The van der Waals surface area contributed by atoms with E-state index in [1.807, 2.05) is 18.7 Å². The number of amides is 1. The molecule has 0 spiro atoms. The van der Waals surface area contributed by atoms with Gasteiger partial charge >= 0.3 is 0 Å². The molecule has 0 radical (unpaired) electrons. The Hall–Kier alpha value is -0.570. The van der Waals surface area contributed by atoms with Crippen molar-refractivity contribution in [3.8, 4) is 0 Å². The van der Waals surface area contributed by atoms with Gasteiger partial charge in [0.25, 0.3) is 0 Å². The summed E-state index contributed by atoms with van der Waals surface area (Å²) in [6.07, 6.45) is 2.26. The van der Waals surface area contributed by atoms with Crippen molar-refractivity contribution >= 4 is 5.91 Å². The maximum Gasteiger partial charge on any atom is 0.240 e. The van der Waals surface area contributed by atoms with Crippen LogP contribution in [0.3, 0.4) is 0 Å². The summed E-state index contributed by atoms with van der Waals surface area (Å²) in [4.78, 5) is 14.1. The molecule has 1 amide bonds. The second-order valence-electron chi connectivity index (χ2n) is 5.26. The van der Waals surface area contributed by atoms with E-state index in [0.29, 0.717) is 12.0 Å². The summed E-state index contributed by atoms with van der Waals surface area (Å²) in [6.45, 7) is 9.25. The number of carbonyl (C=O) groups is 1. The van der Waals surface area contributed by atoms with E-state index in [1.54, 1.807) is 0 Å². The molecule has 1 heterocycles. The monoisotopic (exact) mass is 212 g/mol. The van der Waals surface area contributed by atoms with E-state index in [2.05, 4.69) is 13.8 Å². The standard InChI is InChI=1S/C12H24N2O/c1-8(2)10-6-5-7-14(10)12(15)11(13)9(3)4/h8-11H,5-7,13H2,1-4H3/t10?,11-/m0/s1. The molecule has 3 nitrogen and oxygen atoms in total. The second kappa shape index (κ2) is 4.97. The molecule has 1 unspecified atom stereocenters. The van der Waals surface area contributed by atoms with E-state index in [1.165, 1.54) is 0 Å². The van der Waals surface area contributed by atoms with Crippen LogP contribution < -0.4 is 5.73 Å². The van der Waals surface area contributed by atoms with Gasteiger partial charge in [-0.2, -0.15) is 0 Å². The number of rotatable bonds is 3. The highest BCUT2D eigenvalue weighted by atomic mass is 16.2. The van der Waals surface area contributed by atoms with Crippen molar-refractivity contribution in [3.05, 3.63) is 0 Å². The Labute approximate surface area is 93.0 Å². The highest BCUT2D eigenvalue weighted by Gasteiger charge is 2.33. The Kier molecular flexibility index (Phi) is 4.14. The first-order valence-electron chi connectivity index (χ1n) is 6.01. The Morgan fingerprint density at radius 2 is 1.93 bits per heavy atom. The maximum atomic E-state index is 12.1. The summed E-state index contributed by atoms with van der Waals surface area (Å²) in [5.41, 5.74) is 5.91. The van der Waals surface area contributed by atoms with Gasteiger partial charge in [-0.05, 0) is 24.7 Å². The summed E-state index contributed by atoms with van der Waals surface area (Å²) in [6, 6.07) is 0.0756. The van der Waals surface area contributed by atoms with E-state index >= 15 is 0 Å². The number of nitrogens with zero attached hydrogens (tertiary/aromatic N) is 1. The topological polar surface area (TPSA) is 46.3 Å². The van der Waals surface area contributed by atoms with Crippen LogP contribution in [0.5, 0.6) is 0 Å². The van der Waals surface area contributed by atoms with Crippen molar-refractivity contribution in [1.82, 2.24) is 4.90 Å². The normalized spacial score (nSPS) is 23.9. The van der Waals surface area contributed by atoms with Gasteiger partial charge in [-0.15, -0.1) is 0 Å². The Morgan fingerprint density at radius 1 is 1.33 bits per heavy atom. The van der Waals surface area contributed by atoms with E-state index in [-0.39, 0.29) is 17.9 Å². The van der Waals surface area contributed by atoms with Gasteiger partial charge in [0.2, 0.25) is 5.91 Å². The summed E-state index contributed by atoms with van der Waals surface area (Å²) in [5, 5.41) is 0. The molecule has 15 heavy (non-hydrogen) atoms. The molecule has 1 fully saturated rings. The van der Waals surface area contributed by atoms with Gasteiger partial charge < -0.3 is 10.6 Å². The number of hydrogen-bond donors (Lipinski definition) is 1. The molecule has 2 N–H and O–H groups in total. The van der Waals surface area contributed by atoms with Gasteiger partial charge in [-0.3, -0.25) is 4.79 Å². The van der Waals surface area contributed by atoms with E-state index in [0.717, 1.165) is 19.4 Å². The first-order valence-corrected chi connectivity index (χ1v) is 6.01. The molecule has 0 aliphatic carbocycles. The zero-order valence-corrected chi connectivity index (χ0v) is 10.4. The van der Waals surface area contributed by atoms with Crippen LogP contribution in [-0.4, -0.2) is 29.4 Å². The second-order valence-corrected chi connectivity index (χ2v) is 5.26. The molecule has 1 rings (SSSR count). The van der Waals surface area contributed by atoms with Crippen LogP contribution in [0.25, 0.3) is 0 Å². The maximum absolute atomic E-state index is 12.1. The lowest BCUT2D eigenvalue weighted by molar-refractivity contribution is -0.135. The van der Waals surface area contributed by atoms with Gasteiger partial charge in [-0.25, -0.2) is 0 Å². The molecule has 0 aromatic rings. The quantitative estimate of drug-likeness (QED) is 0.772. The summed E-state index contributed by atoms with van der Waals surface area (Å²) in [7, 11) is 0. The SMILES string of the molecule is CC(C)C1CCCN1C(=O)[C@@H](N)C(C)C. The van der Waals surface area contributed by atoms with Crippen LogP contribution in [0.4, 0.5) is 0 Å². The van der Waals surface area contributed by atoms with Crippen LogP contribution in [-0.2, 0) is 4.79 Å². The molecule has 1 aliphatic heterocycles. The van der Waals surface area contributed by atoms with Crippen molar-refractivity contribution in [3.63, 3.8) is 0 Å². The third kappa shape index (κ3) is 2.71. The predicted octanol–water partition coefficient (Wildman–Crippen LogP) is 1.62. The minimum absolute atomic E-state index is 0.140. The fourth-order valence-electron chi connectivity index (χ4n) is 2.24. The first-order chi connectivity index (χ1) is 6.95. The largest absolute Gasteiger partial charge is 0.338 e. The molecule has 1 aliphatic rings. The molecule has 0 aromatic heterocycles. The van der Waals surface area contributed by atoms with Gasteiger partial charge in [0.15, 0.2) is 0 Å². The highest BCUT2D eigenvalue weighted by Crippen LogP contribution is 2.24. The van der Waals surface area contributed by atoms with Gasteiger partial charge in [0.05, 0.1) is 6.04 Å². The van der Waals surface area contributed by atoms with Crippen molar-refractivity contribution < 1.29 is 4.79 Å². The number of likely N-dealkylation sites (tertiary alicyclic amines) is 1. The van der Waals surface area contributed by atoms with Crippen LogP contribution in [0.15, 0.2) is 0 Å². The average Bonchev–Trinajstić information content (AvgIpc) is 2.63. The smallest absolute Gasteiger partial charge is 0.240 e. The zero-order chi connectivity index (χ0) is 11.6. The predicted molar refractivity (Wildman–Crippen MR) is 62.4 cm³/mol. The molecule has 3 heteroatoms. The minimum atomic E-state index is -0.329. The van der Waals surface area contributed by atoms with Crippen molar-refractivity contribution in [2.24, 2.45) is 17.6 Å². The molecule has 88 valence electrons. The molecular weight excluding hydrogens is 188 g/mol. The molecule has 1 saturated heterocycles. The molecule has 0 aromatic carbocycles. The highest BCUT2D eigenvalue weighted by molar-refractivity contribution is 5.82. The first kappa shape index (κ1) is 12.5. The lowest BCUT2D eigenvalue weighted by atomic mass is 9.99. The van der Waals surface area contributed by atoms with Gasteiger partial charge in [0.1, 0.15) is 0 Å². The molecule has 0 saturated carbocycles. The molecular formula is C12H24N2O. The average molecular weight is 212 g/mol. The third-order valence-electron chi connectivity index (χ3n) is 3.36. The van der Waals surface area contributed by atoms with Gasteiger partial charge in [-0.1, -0.05) is 27.7 Å². The van der Waals surface area contributed by atoms with Crippen molar-refractivity contribution in [1.29, 1.82) is 0 Å². The van der Waals surface area contributed by atoms with Crippen LogP contribution in [0, 0.1) is 11.8 Å². The van der Waals surface area contributed by atoms with E-state index in [9.17, 15) is 4.79 Å². The Balaban J connectivity index is 2.66. The molecule has 2 atom stereocenters. The van der Waals surface area contributed by atoms with Crippen LogP contribution in [0.1, 0.15) is 40.5 Å². The fourth-order valence-corrected chi connectivity index (χ4v) is 2.24. The zero-order valence-electron chi connectivity index (χ0n) is 10.4. The van der Waals surface area contributed by atoms with E-state index < -0.39 is 0 Å². The van der Waals surface area contributed by atoms with E-state index in [4.69, 9.17) is 5.73 Å². The fraction of sp³-hybridized carbons (Fsp3) is 0.917. The summed E-state index contributed by atoms with van der Waals surface area (Å²) >= 11 is 0. The lowest BCUT2D eigenvalue weighted by Crippen LogP contribution is -2.49.